The van der Waals surface area contributed by atoms with E-state index in [2.05, 4.69) is 0 Å². The largest absolute Gasteiger partial charge is 0.286 e. The fraction of sp³-hybridized carbons (Fsp3) is 0.333. The maximum Gasteiger partial charge on any atom is 0.272 e. The first-order valence-electron chi connectivity index (χ1n) is 4.57. The molecular weight excluding hydrogens is 234 g/mol. The van der Waals surface area contributed by atoms with Crippen molar-refractivity contribution in [1.29, 1.82) is 0 Å². The van der Waals surface area contributed by atoms with Crippen LogP contribution in [0.4, 0.5) is 5.69 Å². The zero-order valence-corrected chi connectivity index (χ0v) is 9.18. The van der Waals surface area contributed by atoms with Crippen molar-refractivity contribution in [2.24, 2.45) is 0 Å². The van der Waals surface area contributed by atoms with Crippen LogP contribution in [0.25, 0.3) is 0 Å². The molecule has 1 rings (SSSR count). The number of benzene rings is 1. The molecule has 0 aliphatic heterocycles. The minimum Gasteiger partial charge on any atom is -0.286 e. The molecule has 0 atom stereocenters. The van der Waals surface area contributed by atoms with Gasteiger partial charge >= 0.3 is 0 Å². The van der Waals surface area contributed by atoms with Gasteiger partial charge in [-0.25, -0.2) is 0 Å². The van der Waals surface area contributed by atoms with Crippen molar-refractivity contribution in [3.63, 3.8) is 0 Å². The number of para-hydroxylation sites is 1. The highest BCUT2D eigenvalue weighted by Gasteiger charge is 2.13. The predicted octanol–water partition coefficient (Wildman–Crippen LogP) is 1.42. The first-order chi connectivity index (χ1) is 7.40. The van der Waals surface area contributed by atoms with Crippen LogP contribution in [-0.4, -0.2) is 23.6 Å². The molecule has 16 heavy (non-hydrogen) atoms. The topological polar surface area (TPSA) is 97.5 Å². The van der Waals surface area contributed by atoms with Gasteiger partial charge in [-0.05, 0) is 12.8 Å². The Morgan fingerprint density at radius 2 is 1.94 bits per heavy atom. The Morgan fingerprint density at radius 3 is 2.50 bits per heavy atom. The zero-order valence-electron chi connectivity index (χ0n) is 8.37. The van der Waals surface area contributed by atoms with E-state index in [1.54, 1.807) is 18.2 Å². The summed E-state index contributed by atoms with van der Waals surface area (Å²) in [5.41, 5.74) is 0.439. The van der Waals surface area contributed by atoms with Crippen LogP contribution < -0.4 is 0 Å². The van der Waals surface area contributed by atoms with Crippen LogP contribution in [0.2, 0.25) is 0 Å². The van der Waals surface area contributed by atoms with E-state index in [1.807, 2.05) is 0 Å². The molecule has 7 heteroatoms. The third-order valence-corrected chi connectivity index (χ3v) is 2.84. The van der Waals surface area contributed by atoms with Crippen molar-refractivity contribution < 1.29 is 17.9 Å². The molecule has 0 amide bonds. The van der Waals surface area contributed by atoms with E-state index in [0.29, 0.717) is 5.56 Å². The number of hydrogen-bond acceptors (Lipinski definition) is 4. The SMILES string of the molecule is O=[N+]([O-])c1ccccc1CCCS(=O)(=O)O. The molecule has 1 aromatic carbocycles. The molecule has 1 aromatic rings. The van der Waals surface area contributed by atoms with Crippen molar-refractivity contribution in [2.75, 3.05) is 5.75 Å². The van der Waals surface area contributed by atoms with Crippen molar-refractivity contribution in [2.45, 2.75) is 12.8 Å². The summed E-state index contributed by atoms with van der Waals surface area (Å²) in [6, 6.07) is 6.13. The average Bonchev–Trinajstić information content (AvgIpc) is 2.16. The van der Waals surface area contributed by atoms with Gasteiger partial charge in [-0.15, -0.1) is 0 Å². The van der Waals surface area contributed by atoms with Crippen LogP contribution in [0.5, 0.6) is 0 Å². The lowest BCUT2D eigenvalue weighted by Crippen LogP contribution is -2.05. The Balaban J connectivity index is 2.71. The maximum absolute atomic E-state index is 10.6. The van der Waals surface area contributed by atoms with Gasteiger partial charge in [0, 0.05) is 11.6 Å². The second kappa shape index (κ2) is 5.04. The van der Waals surface area contributed by atoms with Gasteiger partial charge in [0.05, 0.1) is 10.7 Å². The molecule has 0 saturated carbocycles. The van der Waals surface area contributed by atoms with E-state index in [0.717, 1.165) is 0 Å². The van der Waals surface area contributed by atoms with E-state index < -0.39 is 15.0 Å². The predicted molar refractivity (Wildman–Crippen MR) is 57.8 cm³/mol. The summed E-state index contributed by atoms with van der Waals surface area (Å²) in [6.07, 6.45) is 0.403. The number of nitro groups is 1. The van der Waals surface area contributed by atoms with E-state index in [4.69, 9.17) is 4.55 Å². The van der Waals surface area contributed by atoms with E-state index in [-0.39, 0.29) is 24.3 Å². The summed E-state index contributed by atoms with van der Waals surface area (Å²) < 4.78 is 29.4. The first-order valence-corrected chi connectivity index (χ1v) is 6.18. The van der Waals surface area contributed by atoms with E-state index in [9.17, 15) is 18.5 Å². The molecule has 0 bridgehead atoms. The number of hydrogen-bond donors (Lipinski definition) is 1. The molecule has 6 nitrogen and oxygen atoms in total. The van der Waals surface area contributed by atoms with Crippen LogP contribution in [0, 0.1) is 10.1 Å². The van der Waals surface area contributed by atoms with Crippen molar-refractivity contribution in [3.05, 3.63) is 39.9 Å². The molecule has 0 aromatic heterocycles. The second-order valence-electron chi connectivity index (χ2n) is 3.28. The number of nitro benzene ring substituents is 1. The van der Waals surface area contributed by atoms with Crippen LogP contribution >= 0.6 is 0 Å². The van der Waals surface area contributed by atoms with Crippen molar-refractivity contribution >= 4 is 15.8 Å². The Kier molecular flexibility index (Phi) is 3.97. The van der Waals surface area contributed by atoms with Crippen LogP contribution in [0.1, 0.15) is 12.0 Å². The molecule has 0 fully saturated rings. The Hall–Kier alpha value is -1.47. The normalized spacial score (nSPS) is 11.3. The lowest BCUT2D eigenvalue weighted by atomic mass is 10.1. The lowest BCUT2D eigenvalue weighted by Gasteiger charge is -2.01. The lowest BCUT2D eigenvalue weighted by molar-refractivity contribution is -0.385. The zero-order chi connectivity index (χ0) is 12.2. The molecule has 1 N–H and O–H groups in total. The molecular formula is C9H11NO5S. The Morgan fingerprint density at radius 1 is 1.31 bits per heavy atom. The van der Waals surface area contributed by atoms with Gasteiger partial charge in [-0.1, -0.05) is 18.2 Å². The molecule has 0 saturated heterocycles. The van der Waals surface area contributed by atoms with Crippen LogP contribution in [0.3, 0.4) is 0 Å². The van der Waals surface area contributed by atoms with Crippen molar-refractivity contribution in [1.82, 2.24) is 0 Å². The van der Waals surface area contributed by atoms with Gasteiger partial charge in [0.15, 0.2) is 0 Å². The third kappa shape index (κ3) is 3.95. The molecule has 0 unspecified atom stereocenters. The summed E-state index contributed by atoms with van der Waals surface area (Å²) in [4.78, 5) is 10.1. The third-order valence-electron chi connectivity index (χ3n) is 2.04. The van der Waals surface area contributed by atoms with Gasteiger partial charge in [-0.3, -0.25) is 14.7 Å². The van der Waals surface area contributed by atoms with Gasteiger partial charge in [-0.2, -0.15) is 8.42 Å². The summed E-state index contributed by atoms with van der Waals surface area (Å²) >= 11 is 0. The molecule has 0 heterocycles. The highest BCUT2D eigenvalue weighted by Crippen LogP contribution is 2.19. The minimum absolute atomic E-state index is 0.0298. The quantitative estimate of drug-likeness (QED) is 0.480. The van der Waals surface area contributed by atoms with Gasteiger partial charge < -0.3 is 0 Å². The summed E-state index contributed by atoms with van der Waals surface area (Å²) in [5, 5.41) is 10.6. The average molecular weight is 245 g/mol. The first kappa shape index (κ1) is 12.6. The van der Waals surface area contributed by atoms with E-state index in [1.165, 1.54) is 6.07 Å². The Bertz CT molecular complexity index is 482. The number of aryl methyl sites for hydroxylation is 1. The smallest absolute Gasteiger partial charge is 0.272 e. The van der Waals surface area contributed by atoms with Gasteiger partial charge in [0.25, 0.3) is 15.8 Å². The monoisotopic (exact) mass is 245 g/mol. The number of nitrogens with zero attached hydrogens (tertiary/aromatic N) is 1. The van der Waals surface area contributed by atoms with Crippen molar-refractivity contribution in [3.8, 4) is 0 Å². The summed E-state index contributed by atoms with van der Waals surface area (Å²) in [6.45, 7) is 0. The molecule has 0 aliphatic carbocycles. The van der Waals surface area contributed by atoms with E-state index >= 15 is 0 Å². The fourth-order valence-electron chi connectivity index (χ4n) is 1.35. The highest BCUT2D eigenvalue weighted by molar-refractivity contribution is 7.85. The van der Waals surface area contributed by atoms with Crippen LogP contribution in [0.15, 0.2) is 24.3 Å². The van der Waals surface area contributed by atoms with Crippen LogP contribution in [-0.2, 0) is 16.5 Å². The molecule has 0 aliphatic rings. The summed E-state index contributed by atoms with van der Waals surface area (Å²) in [7, 11) is -4.00. The highest BCUT2D eigenvalue weighted by atomic mass is 32.2. The summed E-state index contributed by atoms with van der Waals surface area (Å²) in [5.74, 6) is -0.390. The number of rotatable bonds is 5. The fourth-order valence-corrected chi connectivity index (χ4v) is 1.85. The molecule has 0 radical (unpaired) electrons. The maximum atomic E-state index is 10.6. The standard InChI is InChI=1S/C9H11NO5S/c11-10(12)9-6-2-1-4-8(9)5-3-7-16(13,14)15/h1-2,4,6H,3,5,7H2,(H,13,14,15). The molecule has 88 valence electrons. The minimum atomic E-state index is -4.00. The van der Waals surface area contributed by atoms with Gasteiger partial charge in [0.2, 0.25) is 0 Å². The Labute approximate surface area is 92.8 Å². The molecule has 0 spiro atoms. The van der Waals surface area contributed by atoms with Gasteiger partial charge in [0.1, 0.15) is 0 Å². The second-order valence-corrected chi connectivity index (χ2v) is 4.85.